The van der Waals surface area contributed by atoms with E-state index in [1.54, 1.807) is 0 Å². The highest BCUT2D eigenvalue weighted by atomic mass is 35.5. The zero-order valence-corrected chi connectivity index (χ0v) is 9.28. The largest absolute Gasteiger partial charge is 0.305 e. The molecular formula is C11H7ClFN3O. The molecule has 1 aromatic heterocycles. The Morgan fingerprint density at radius 3 is 2.88 bits per heavy atom. The Hall–Kier alpha value is -2.01. The van der Waals surface area contributed by atoms with Crippen LogP contribution in [0.1, 0.15) is 10.4 Å². The maximum Gasteiger partial charge on any atom is 0.259 e. The van der Waals surface area contributed by atoms with Crippen molar-refractivity contribution in [2.75, 3.05) is 5.32 Å². The number of carbonyl (C=O) groups is 1. The molecule has 0 bridgehead atoms. The van der Waals surface area contributed by atoms with Gasteiger partial charge in [0.05, 0.1) is 11.8 Å². The zero-order chi connectivity index (χ0) is 12.3. The predicted molar refractivity (Wildman–Crippen MR) is 61.4 cm³/mol. The molecule has 1 heterocycles. The standard InChI is InChI=1S/C11H7ClFN3O/c12-7-1-2-9(13)8(5-7)11(17)16-10-6-14-3-4-15-10/h1-6H,(H,15,16,17). The van der Waals surface area contributed by atoms with Crippen LogP contribution in [0.3, 0.4) is 0 Å². The van der Waals surface area contributed by atoms with Crippen LogP contribution in [0.25, 0.3) is 0 Å². The molecule has 0 aliphatic heterocycles. The first kappa shape index (κ1) is 11.5. The summed E-state index contributed by atoms with van der Waals surface area (Å²) in [5.41, 5.74) is -0.136. The van der Waals surface area contributed by atoms with Gasteiger partial charge in [-0.05, 0) is 18.2 Å². The van der Waals surface area contributed by atoms with Crippen molar-refractivity contribution in [3.8, 4) is 0 Å². The van der Waals surface area contributed by atoms with Crippen molar-refractivity contribution < 1.29 is 9.18 Å². The third-order valence-corrected chi connectivity index (χ3v) is 2.21. The Kier molecular flexibility index (Phi) is 3.30. The lowest BCUT2D eigenvalue weighted by Gasteiger charge is -2.04. The van der Waals surface area contributed by atoms with Crippen LogP contribution in [-0.2, 0) is 0 Å². The Morgan fingerprint density at radius 1 is 1.35 bits per heavy atom. The molecule has 86 valence electrons. The third-order valence-electron chi connectivity index (χ3n) is 1.98. The van der Waals surface area contributed by atoms with Crippen LogP contribution >= 0.6 is 11.6 Å². The van der Waals surface area contributed by atoms with E-state index in [4.69, 9.17) is 11.6 Å². The topological polar surface area (TPSA) is 54.9 Å². The van der Waals surface area contributed by atoms with Crippen molar-refractivity contribution in [3.63, 3.8) is 0 Å². The molecule has 0 unspecified atom stereocenters. The lowest BCUT2D eigenvalue weighted by atomic mass is 10.2. The van der Waals surface area contributed by atoms with Crippen molar-refractivity contribution in [3.05, 3.63) is 53.2 Å². The van der Waals surface area contributed by atoms with Crippen molar-refractivity contribution in [2.45, 2.75) is 0 Å². The predicted octanol–water partition coefficient (Wildman–Crippen LogP) is 2.52. The molecular weight excluding hydrogens is 245 g/mol. The molecule has 2 aromatic rings. The second-order valence-electron chi connectivity index (χ2n) is 3.17. The monoisotopic (exact) mass is 251 g/mol. The summed E-state index contributed by atoms with van der Waals surface area (Å²) in [7, 11) is 0. The van der Waals surface area contributed by atoms with E-state index in [0.29, 0.717) is 0 Å². The number of anilines is 1. The fraction of sp³-hybridized carbons (Fsp3) is 0. The van der Waals surface area contributed by atoms with Gasteiger partial charge in [0.25, 0.3) is 5.91 Å². The Labute approximate surface area is 101 Å². The average molecular weight is 252 g/mol. The van der Waals surface area contributed by atoms with Gasteiger partial charge in [-0.2, -0.15) is 0 Å². The maximum atomic E-state index is 13.4. The SMILES string of the molecule is O=C(Nc1cnccn1)c1cc(Cl)ccc1F. The number of halogens is 2. The molecule has 1 N–H and O–H groups in total. The number of nitrogens with one attached hydrogen (secondary N) is 1. The molecule has 0 atom stereocenters. The molecule has 0 saturated carbocycles. The number of nitrogens with zero attached hydrogens (tertiary/aromatic N) is 2. The van der Waals surface area contributed by atoms with Crippen LogP contribution in [0.15, 0.2) is 36.8 Å². The highest BCUT2D eigenvalue weighted by Gasteiger charge is 2.12. The molecule has 0 aliphatic carbocycles. The summed E-state index contributed by atoms with van der Waals surface area (Å²) in [6, 6.07) is 3.76. The summed E-state index contributed by atoms with van der Waals surface area (Å²) < 4.78 is 13.4. The molecule has 6 heteroatoms. The maximum absolute atomic E-state index is 13.4. The van der Waals surface area contributed by atoms with Gasteiger partial charge in [0.15, 0.2) is 5.82 Å². The summed E-state index contributed by atoms with van der Waals surface area (Å²) in [5, 5.41) is 2.70. The quantitative estimate of drug-likeness (QED) is 0.892. The lowest BCUT2D eigenvalue weighted by Crippen LogP contribution is -2.14. The zero-order valence-electron chi connectivity index (χ0n) is 8.52. The van der Waals surface area contributed by atoms with E-state index >= 15 is 0 Å². The Bertz CT molecular complexity index is 548. The fourth-order valence-electron chi connectivity index (χ4n) is 1.22. The van der Waals surface area contributed by atoms with Crippen LogP contribution in [-0.4, -0.2) is 15.9 Å². The number of aromatic nitrogens is 2. The van der Waals surface area contributed by atoms with Gasteiger partial charge >= 0.3 is 0 Å². The number of carbonyl (C=O) groups excluding carboxylic acids is 1. The van der Waals surface area contributed by atoms with Crippen molar-refractivity contribution in [2.24, 2.45) is 0 Å². The van der Waals surface area contributed by atoms with E-state index in [1.165, 1.54) is 30.7 Å². The first-order valence-electron chi connectivity index (χ1n) is 4.69. The number of benzene rings is 1. The molecule has 0 fully saturated rings. The lowest BCUT2D eigenvalue weighted by molar-refractivity contribution is 0.102. The average Bonchev–Trinajstić information content (AvgIpc) is 2.33. The van der Waals surface area contributed by atoms with Gasteiger partial charge in [0, 0.05) is 17.4 Å². The van der Waals surface area contributed by atoms with Gasteiger partial charge in [0.1, 0.15) is 5.82 Å². The molecule has 1 aromatic carbocycles. The minimum absolute atomic E-state index is 0.136. The molecule has 4 nitrogen and oxygen atoms in total. The number of rotatable bonds is 2. The van der Waals surface area contributed by atoms with Gasteiger partial charge in [-0.3, -0.25) is 9.78 Å². The van der Waals surface area contributed by atoms with Crippen LogP contribution in [0.4, 0.5) is 10.2 Å². The first-order valence-corrected chi connectivity index (χ1v) is 5.07. The molecule has 0 saturated heterocycles. The van der Waals surface area contributed by atoms with Gasteiger partial charge in [0.2, 0.25) is 0 Å². The van der Waals surface area contributed by atoms with Crippen LogP contribution in [0.5, 0.6) is 0 Å². The van der Waals surface area contributed by atoms with E-state index in [2.05, 4.69) is 15.3 Å². The second kappa shape index (κ2) is 4.88. The van der Waals surface area contributed by atoms with Crippen LogP contribution in [0.2, 0.25) is 5.02 Å². The van der Waals surface area contributed by atoms with E-state index in [-0.39, 0.29) is 16.4 Å². The van der Waals surface area contributed by atoms with Crippen molar-refractivity contribution in [1.82, 2.24) is 9.97 Å². The van der Waals surface area contributed by atoms with Crippen molar-refractivity contribution in [1.29, 1.82) is 0 Å². The van der Waals surface area contributed by atoms with Gasteiger partial charge in [-0.15, -0.1) is 0 Å². The van der Waals surface area contributed by atoms with Crippen LogP contribution in [0, 0.1) is 5.82 Å². The summed E-state index contributed by atoms with van der Waals surface area (Å²) in [6.07, 6.45) is 4.25. The summed E-state index contributed by atoms with van der Waals surface area (Å²) in [6.45, 7) is 0. The highest BCUT2D eigenvalue weighted by Crippen LogP contribution is 2.15. The number of amides is 1. The summed E-state index contributed by atoms with van der Waals surface area (Å²) in [5.74, 6) is -1.02. The molecule has 0 aliphatic rings. The van der Waals surface area contributed by atoms with E-state index in [0.717, 1.165) is 6.07 Å². The normalized spacial score (nSPS) is 10.0. The minimum Gasteiger partial charge on any atom is -0.305 e. The molecule has 0 spiro atoms. The van der Waals surface area contributed by atoms with Crippen LogP contribution < -0.4 is 5.32 Å². The highest BCUT2D eigenvalue weighted by molar-refractivity contribution is 6.31. The number of hydrogen-bond donors (Lipinski definition) is 1. The number of hydrogen-bond acceptors (Lipinski definition) is 3. The molecule has 17 heavy (non-hydrogen) atoms. The van der Waals surface area contributed by atoms with Gasteiger partial charge < -0.3 is 5.32 Å². The first-order chi connectivity index (χ1) is 8.16. The third kappa shape index (κ3) is 2.76. The van der Waals surface area contributed by atoms with E-state index < -0.39 is 11.7 Å². The Morgan fingerprint density at radius 2 is 2.18 bits per heavy atom. The van der Waals surface area contributed by atoms with E-state index in [9.17, 15) is 9.18 Å². The fourth-order valence-corrected chi connectivity index (χ4v) is 1.39. The van der Waals surface area contributed by atoms with Gasteiger partial charge in [-0.25, -0.2) is 9.37 Å². The summed E-state index contributed by atoms with van der Waals surface area (Å²) in [4.78, 5) is 19.3. The van der Waals surface area contributed by atoms with Crippen molar-refractivity contribution >= 4 is 23.3 Å². The minimum atomic E-state index is -0.643. The Balaban J connectivity index is 2.23. The molecule has 0 radical (unpaired) electrons. The van der Waals surface area contributed by atoms with Gasteiger partial charge in [-0.1, -0.05) is 11.6 Å². The molecule has 2 rings (SSSR count). The smallest absolute Gasteiger partial charge is 0.259 e. The molecule has 1 amide bonds. The second-order valence-corrected chi connectivity index (χ2v) is 3.61. The van der Waals surface area contributed by atoms with E-state index in [1.807, 2.05) is 0 Å². The summed E-state index contributed by atoms with van der Waals surface area (Å²) >= 11 is 5.69.